The summed E-state index contributed by atoms with van der Waals surface area (Å²) in [5, 5.41) is 3.71. The van der Waals surface area contributed by atoms with E-state index in [0.29, 0.717) is 12.1 Å². The lowest BCUT2D eigenvalue weighted by Crippen LogP contribution is -2.44. The Hall–Kier alpha value is -0.0800. The average molecular weight is 241 g/mol. The summed E-state index contributed by atoms with van der Waals surface area (Å²) in [6.45, 7) is 8.96. The van der Waals surface area contributed by atoms with Crippen LogP contribution in [-0.4, -0.2) is 25.3 Å². The normalized spacial score (nSPS) is 22.9. The second-order valence-corrected chi connectivity index (χ2v) is 5.38. The van der Waals surface area contributed by atoms with Crippen LogP contribution in [0.15, 0.2) is 0 Å². The maximum atomic E-state index is 5.96. The first-order valence-corrected chi connectivity index (χ1v) is 7.66. The molecule has 1 rings (SSSR count). The molecule has 17 heavy (non-hydrogen) atoms. The van der Waals surface area contributed by atoms with Crippen LogP contribution >= 0.6 is 0 Å². The Balaban J connectivity index is 2.45. The second kappa shape index (κ2) is 8.93. The SMILES string of the molecule is CCCNC(CC(CC)CC)C1CCCCO1. The quantitative estimate of drug-likeness (QED) is 0.699. The summed E-state index contributed by atoms with van der Waals surface area (Å²) in [5.41, 5.74) is 0. The molecule has 0 aliphatic carbocycles. The molecule has 2 nitrogen and oxygen atoms in total. The van der Waals surface area contributed by atoms with Crippen LogP contribution in [0.4, 0.5) is 0 Å². The van der Waals surface area contributed by atoms with Gasteiger partial charge in [-0.05, 0) is 44.6 Å². The summed E-state index contributed by atoms with van der Waals surface area (Å²) in [5.74, 6) is 0.856. The van der Waals surface area contributed by atoms with Gasteiger partial charge in [0.05, 0.1) is 6.10 Å². The highest BCUT2D eigenvalue weighted by Gasteiger charge is 2.25. The van der Waals surface area contributed by atoms with E-state index in [0.717, 1.165) is 19.1 Å². The number of nitrogens with one attached hydrogen (secondary N) is 1. The smallest absolute Gasteiger partial charge is 0.0728 e. The molecular formula is C15H31NO. The highest BCUT2D eigenvalue weighted by molar-refractivity contribution is 4.81. The lowest BCUT2D eigenvalue weighted by atomic mass is 9.89. The first-order valence-electron chi connectivity index (χ1n) is 7.66. The minimum Gasteiger partial charge on any atom is -0.377 e. The van der Waals surface area contributed by atoms with E-state index < -0.39 is 0 Å². The third-order valence-electron chi connectivity index (χ3n) is 4.06. The van der Waals surface area contributed by atoms with Gasteiger partial charge in [0.2, 0.25) is 0 Å². The Morgan fingerprint density at radius 1 is 1.18 bits per heavy atom. The highest BCUT2D eigenvalue weighted by atomic mass is 16.5. The summed E-state index contributed by atoms with van der Waals surface area (Å²) in [6.07, 6.45) is 9.42. The van der Waals surface area contributed by atoms with E-state index in [4.69, 9.17) is 4.74 Å². The van der Waals surface area contributed by atoms with Gasteiger partial charge >= 0.3 is 0 Å². The van der Waals surface area contributed by atoms with Gasteiger partial charge in [-0.25, -0.2) is 0 Å². The van der Waals surface area contributed by atoms with Crippen molar-refractivity contribution in [1.29, 1.82) is 0 Å². The highest BCUT2D eigenvalue weighted by Crippen LogP contribution is 2.23. The van der Waals surface area contributed by atoms with Crippen molar-refractivity contribution in [3.8, 4) is 0 Å². The molecule has 0 amide bonds. The van der Waals surface area contributed by atoms with E-state index in [1.54, 1.807) is 0 Å². The van der Waals surface area contributed by atoms with E-state index in [1.807, 2.05) is 0 Å². The maximum absolute atomic E-state index is 5.96. The zero-order valence-electron chi connectivity index (χ0n) is 12.0. The minimum absolute atomic E-state index is 0.468. The van der Waals surface area contributed by atoms with Gasteiger partial charge < -0.3 is 10.1 Å². The van der Waals surface area contributed by atoms with Crippen LogP contribution < -0.4 is 5.32 Å². The number of rotatable bonds is 8. The standard InChI is InChI=1S/C15H31NO/c1-4-10-16-14(12-13(5-2)6-3)15-9-7-8-11-17-15/h13-16H,4-12H2,1-3H3. The first-order chi connectivity index (χ1) is 8.31. The lowest BCUT2D eigenvalue weighted by molar-refractivity contribution is -0.0128. The van der Waals surface area contributed by atoms with Crippen molar-refractivity contribution in [2.24, 2.45) is 5.92 Å². The lowest BCUT2D eigenvalue weighted by Gasteiger charge is -2.33. The Bertz CT molecular complexity index is 174. The van der Waals surface area contributed by atoms with Crippen LogP contribution in [0.1, 0.15) is 65.7 Å². The third kappa shape index (κ3) is 5.39. The summed E-state index contributed by atoms with van der Waals surface area (Å²) >= 11 is 0. The predicted octanol–water partition coefficient (Wildman–Crippen LogP) is 3.75. The Morgan fingerprint density at radius 3 is 2.47 bits per heavy atom. The molecule has 1 aliphatic rings. The molecule has 0 aromatic rings. The Kier molecular flexibility index (Phi) is 7.87. The van der Waals surface area contributed by atoms with Crippen molar-refractivity contribution in [1.82, 2.24) is 5.32 Å². The van der Waals surface area contributed by atoms with Gasteiger partial charge in [0, 0.05) is 12.6 Å². The molecule has 2 unspecified atom stereocenters. The molecule has 2 atom stereocenters. The molecule has 1 saturated heterocycles. The molecule has 0 radical (unpaired) electrons. The molecule has 1 aliphatic heterocycles. The third-order valence-corrected chi connectivity index (χ3v) is 4.06. The van der Waals surface area contributed by atoms with Crippen molar-refractivity contribution in [2.45, 2.75) is 77.9 Å². The van der Waals surface area contributed by atoms with Crippen LogP contribution in [0.3, 0.4) is 0 Å². The van der Waals surface area contributed by atoms with Crippen molar-refractivity contribution in [3.05, 3.63) is 0 Å². The fraction of sp³-hybridized carbons (Fsp3) is 1.00. The summed E-state index contributed by atoms with van der Waals surface area (Å²) in [7, 11) is 0. The van der Waals surface area contributed by atoms with Gasteiger partial charge in [0.15, 0.2) is 0 Å². The number of hydrogen-bond acceptors (Lipinski definition) is 2. The topological polar surface area (TPSA) is 21.3 Å². The van der Waals surface area contributed by atoms with Crippen molar-refractivity contribution < 1.29 is 4.74 Å². The molecule has 0 aromatic heterocycles. The average Bonchev–Trinajstić information content (AvgIpc) is 2.40. The molecule has 1 heterocycles. The van der Waals surface area contributed by atoms with E-state index in [-0.39, 0.29) is 0 Å². The fourth-order valence-corrected chi connectivity index (χ4v) is 2.76. The van der Waals surface area contributed by atoms with Gasteiger partial charge in [-0.3, -0.25) is 0 Å². The molecular weight excluding hydrogens is 210 g/mol. The number of ether oxygens (including phenoxy) is 1. The molecule has 0 saturated carbocycles. The van der Waals surface area contributed by atoms with Crippen molar-refractivity contribution in [2.75, 3.05) is 13.2 Å². The Labute approximate surface area is 108 Å². The van der Waals surface area contributed by atoms with Crippen molar-refractivity contribution >= 4 is 0 Å². The first kappa shape index (κ1) is 15.0. The molecule has 0 bridgehead atoms. The zero-order chi connectivity index (χ0) is 12.5. The van der Waals surface area contributed by atoms with Gasteiger partial charge in [-0.15, -0.1) is 0 Å². The summed E-state index contributed by atoms with van der Waals surface area (Å²) in [6, 6.07) is 0.583. The van der Waals surface area contributed by atoms with Gasteiger partial charge in [0.1, 0.15) is 0 Å². The maximum Gasteiger partial charge on any atom is 0.0728 e. The summed E-state index contributed by atoms with van der Waals surface area (Å²) < 4.78 is 5.96. The zero-order valence-corrected chi connectivity index (χ0v) is 12.0. The molecule has 0 spiro atoms. The summed E-state index contributed by atoms with van der Waals surface area (Å²) in [4.78, 5) is 0. The molecule has 102 valence electrons. The largest absolute Gasteiger partial charge is 0.377 e. The molecule has 1 N–H and O–H groups in total. The minimum atomic E-state index is 0.468. The van der Waals surface area contributed by atoms with Crippen LogP contribution in [0.25, 0.3) is 0 Å². The van der Waals surface area contributed by atoms with Gasteiger partial charge in [-0.2, -0.15) is 0 Å². The van der Waals surface area contributed by atoms with Crippen LogP contribution in [-0.2, 0) is 4.74 Å². The van der Waals surface area contributed by atoms with Crippen molar-refractivity contribution in [3.63, 3.8) is 0 Å². The van der Waals surface area contributed by atoms with E-state index in [2.05, 4.69) is 26.1 Å². The second-order valence-electron chi connectivity index (χ2n) is 5.38. The van der Waals surface area contributed by atoms with Gasteiger partial charge in [-0.1, -0.05) is 33.6 Å². The number of hydrogen-bond donors (Lipinski definition) is 1. The van der Waals surface area contributed by atoms with E-state index in [1.165, 1.54) is 44.9 Å². The van der Waals surface area contributed by atoms with E-state index in [9.17, 15) is 0 Å². The van der Waals surface area contributed by atoms with Gasteiger partial charge in [0.25, 0.3) is 0 Å². The fourth-order valence-electron chi connectivity index (χ4n) is 2.76. The molecule has 1 fully saturated rings. The molecule has 2 heteroatoms. The van der Waals surface area contributed by atoms with Crippen LogP contribution in [0.2, 0.25) is 0 Å². The predicted molar refractivity (Wildman–Crippen MR) is 74.4 cm³/mol. The van der Waals surface area contributed by atoms with E-state index >= 15 is 0 Å². The van der Waals surface area contributed by atoms with Crippen LogP contribution in [0.5, 0.6) is 0 Å². The van der Waals surface area contributed by atoms with Crippen LogP contribution in [0, 0.1) is 5.92 Å². The molecule has 0 aromatic carbocycles. The monoisotopic (exact) mass is 241 g/mol. The Morgan fingerprint density at radius 2 is 1.94 bits per heavy atom.